The molecular weight excluding hydrogens is 360 g/mol. The molecule has 0 aliphatic carbocycles. The number of hydrogen-bond acceptors (Lipinski definition) is 0. The van der Waals surface area contributed by atoms with E-state index in [4.69, 9.17) is 0 Å². The van der Waals surface area contributed by atoms with Crippen LogP contribution in [-0.2, 0) is 20.1 Å². The van der Waals surface area contributed by atoms with Crippen molar-refractivity contribution in [2.75, 3.05) is 0 Å². The van der Waals surface area contributed by atoms with Crippen LogP contribution in [0.5, 0.6) is 0 Å². The molecule has 0 nitrogen and oxygen atoms in total. The summed E-state index contributed by atoms with van der Waals surface area (Å²) < 4.78 is 0. The zero-order valence-corrected chi connectivity index (χ0v) is 13.9. The zero-order chi connectivity index (χ0) is 11.7. The summed E-state index contributed by atoms with van der Waals surface area (Å²) in [7, 11) is 0. The molecule has 0 aliphatic rings. The largest absolute Gasteiger partial charge is 0.341 e. The smallest absolute Gasteiger partial charge is 0 e. The van der Waals surface area contributed by atoms with Crippen molar-refractivity contribution in [2.45, 2.75) is 54.4 Å². The Labute approximate surface area is 112 Å². The van der Waals surface area contributed by atoms with E-state index in [1.807, 2.05) is 0 Å². The molecule has 0 bridgehead atoms. The summed E-state index contributed by atoms with van der Waals surface area (Å²) >= 11 is 0. The second-order valence-electron chi connectivity index (χ2n) is 5.47. The van der Waals surface area contributed by atoms with Crippen LogP contribution in [0, 0.1) is 37.5 Å². The predicted octanol–water partition coefficient (Wildman–Crippen LogP) is 5.00. The van der Waals surface area contributed by atoms with E-state index < -0.39 is 0 Å². The van der Waals surface area contributed by atoms with Gasteiger partial charge in [0.05, 0.1) is 0 Å². The van der Waals surface area contributed by atoms with Crippen LogP contribution in [0.25, 0.3) is 0 Å². The molecule has 97 valence electrons. The maximum Gasteiger partial charge on any atom is 0 e. The van der Waals surface area contributed by atoms with Crippen LogP contribution >= 0.6 is 0 Å². The van der Waals surface area contributed by atoms with Gasteiger partial charge >= 0.3 is 0 Å². The molecule has 0 fully saturated rings. The molecule has 2 unspecified atom stereocenters. The van der Waals surface area contributed by atoms with Gasteiger partial charge in [-0.1, -0.05) is 54.4 Å². The van der Waals surface area contributed by atoms with Crippen LogP contribution in [0.15, 0.2) is 0 Å². The van der Waals surface area contributed by atoms with Gasteiger partial charge in [0.15, 0.2) is 0 Å². The average Bonchev–Trinajstić information content (AvgIpc) is 1.79. The van der Waals surface area contributed by atoms with Crippen LogP contribution in [0.2, 0.25) is 0 Å². The molecule has 15 heavy (non-hydrogen) atoms. The van der Waals surface area contributed by atoms with Gasteiger partial charge in [0.2, 0.25) is 0 Å². The Morgan fingerprint density at radius 1 is 0.667 bits per heavy atom. The minimum Gasteiger partial charge on any atom is -0.341 e. The molecule has 0 aromatic heterocycles. The Hall–Kier alpha value is 0.649. The molecule has 0 spiro atoms. The fourth-order valence-electron chi connectivity index (χ4n) is 1.61. The quantitative estimate of drug-likeness (QED) is 0.593. The molecule has 0 aromatic carbocycles. The van der Waals surface area contributed by atoms with Crippen molar-refractivity contribution in [3.05, 3.63) is 13.8 Å². The van der Waals surface area contributed by atoms with E-state index in [0.29, 0.717) is 11.8 Å². The summed E-state index contributed by atoms with van der Waals surface area (Å²) in [4.78, 5) is 0. The van der Waals surface area contributed by atoms with Crippen molar-refractivity contribution in [1.29, 1.82) is 0 Å². The van der Waals surface area contributed by atoms with Gasteiger partial charge in [0.1, 0.15) is 0 Å². The Kier molecular flexibility index (Phi) is 17.8. The summed E-state index contributed by atoms with van der Waals surface area (Å²) in [5.41, 5.74) is 0. The minimum atomic E-state index is 0. The molecule has 0 aromatic rings. The Morgan fingerprint density at radius 3 is 0.867 bits per heavy atom. The topological polar surface area (TPSA) is 0 Å². The van der Waals surface area contributed by atoms with Crippen LogP contribution in [0.3, 0.4) is 0 Å². The molecule has 1 heteroatoms. The standard InChI is InChI=1S/2C7H15.Ir/c2*1-6(2)5-7(3)4;/h2*6-7H,1,5H2,2-4H3;/q2*-1;. The average molecular weight is 391 g/mol. The Bertz CT molecular complexity index is 77.9. The zero-order valence-electron chi connectivity index (χ0n) is 11.5. The van der Waals surface area contributed by atoms with Gasteiger partial charge in [-0.2, -0.15) is 11.8 Å². The van der Waals surface area contributed by atoms with Gasteiger partial charge in [0, 0.05) is 20.1 Å². The summed E-state index contributed by atoms with van der Waals surface area (Å²) in [5, 5.41) is 0. The fraction of sp³-hybridized carbons (Fsp3) is 0.857. The van der Waals surface area contributed by atoms with E-state index in [1.165, 1.54) is 12.8 Å². The van der Waals surface area contributed by atoms with E-state index in [-0.39, 0.29) is 20.1 Å². The molecule has 0 heterocycles. The molecule has 0 rings (SSSR count). The molecular formula is C14H30Ir-2. The molecule has 0 saturated heterocycles. The van der Waals surface area contributed by atoms with Crippen molar-refractivity contribution in [3.8, 4) is 0 Å². The van der Waals surface area contributed by atoms with Crippen LogP contribution in [-0.4, -0.2) is 0 Å². The fourth-order valence-corrected chi connectivity index (χ4v) is 1.61. The first-order chi connectivity index (χ1) is 6.25. The first kappa shape index (κ1) is 21.0. The molecule has 2 atom stereocenters. The third kappa shape index (κ3) is 31.3. The third-order valence-corrected chi connectivity index (χ3v) is 1.75. The van der Waals surface area contributed by atoms with Crippen molar-refractivity contribution < 1.29 is 20.1 Å². The summed E-state index contributed by atoms with van der Waals surface area (Å²) in [6.45, 7) is 21.0. The van der Waals surface area contributed by atoms with Gasteiger partial charge in [-0.05, 0) is 11.8 Å². The van der Waals surface area contributed by atoms with E-state index in [1.54, 1.807) is 0 Å². The van der Waals surface area contributed by atoms with Crippen molar-refractivity contribution in [1.82, 2.24) is 0 Å². The molecule has 1 radical (unpaired) electrons. The normalized spacial score (nSPS) is 14.0. The van der Waals surface area contributed by atoms with Crippen molar-refractivity contribution >= 4 is 0 Å². The second kappa shape index (κ2) is 12.7. The van der Waals surface area contributed by atoms with Crippen molar-refractivity contribution in [3.63, 3.8) is 0 Å². The van der Waals surface area contributed by atoms with Crippen LogP contribution in [0.4, 0.5) is 0 Å². The number of hydrogen-bond donors (Lipinski definition) is 0. The van der Waals surface area contributed by atoms with E-state index >= 15 is 0 Å². The van der Waals surface area contributed by atoms with E-state index in [2.05, 4.69) is 55.4 Å². The minimum absolute atomic E-state index is 0. The predicted molar refractivity (Wildman–Crippen MR) is 68.0 cm³/mol. The van der Waals surface area contributed by atoms with Crippen LogP contribution in [0.1, 0.15) is 54.4 Å². The maximum atomic E-state index is 3.88. The van der Waals surface area contributed by atoms with E-state index in [9.17, 15) is 0 Å². The Morgan fingerprint density at radius 2 is 0.867 bits per heavy atom. The Balaban J connectivity index is -0.000000180. The van der Waals surface area contributed by atoms with Gasteiger partial charge in [-0.3, -0.25) is 0 Å². The summed E-state index contributed by atoms with van der Waals surface area (Å²) in [6, 6.07) is 0. The van der Waals surface area contributed by atoms with Crippen LogP contribution < -0.4 is 0 Å². The monoisotopic (exact) mass is 391 g/mol. The SMILES string of the molecule is [CH2-]C(C)CC(C)C.[CH2-]C(C)CC(C)C.[Ir]. The van der Waals surface area contributed by atoms with Gasteiger partial charge in [-0.25, -0.2) is 0 Å². The molecule has 0 N–H and O–H groups in total. The molecule has 0 aliphatic heterocycles. The number of rotatable bonds is 4. The maximum absolute atomic E-state index is 3.88. The second-order valence-corrected chi connectivity index (χ2v) is 5.47. The first-order valence-corrected chi connectivity index (χ1v) is 5.91. The molecule has 0 saturated carbocycles. The summed E-state index contributed by atoms with van der Waals surface area (Å²) in [5.74, 6) is 2.88. The van der Waals surface area contributed by atoms with Gasteiger partial charge in [0.25, 0.3) is 0 Å². The third-order valence-electron chi connectivity index (χ3n) is 1.75. The van der Waals surface area contributed by atoms with Gasteiger partial charge in [-0.15, -0.1) is 0 Å². The summed E-state index contributed by atoms with van der Waals surface area (Å²) in [6.07, 6.45) is 2.50. The first-order valence-electron chi connectivity index (χ1n) is 5.91. The van der Waals surface area contributed by atoms with E-state index in [0.717, 1.165) is 11.8 Å². The molecule has 0 amide bonds. The van der Waals surface area contributed by atoms with Crippen molar-refractivity contribution in [2.24, 2.45) is 23.7 Å². The van der Waals surface area contributed by atoms with Gasteiger partial charge < -0.3 is 13.8 Å².